The number of carbonyl (C=O) groups is 3. The van der Waals surface area contributed by atoms with Crippen LogP contribution in [0.1, 0.15) is 138 Å². The Morgan fingerprint density at radius 3 is 1.42 bits per heavy atom. The minimum Gasteiger partial charge on any atom is -0.408 e. The van der Waals surface area contributed by atoms with Gasteiger partial charge < -0.3 is 43.5 Å². The van der Waals surface area contributed by atoms with Crippen LogP contribution in [-0.4, -0.2) is 119 Å². The first-order valence-electron chi connectivity index (χ1n) is 31.2. The van der Waals surface area contributed by atoms with Crippen LogP contribution in [0, 0.1) is 0 Å². The van der Waals surface area contributed by atoms with E-state index in [1.807, 2.05) is 79.7 Å². The fraction of sp³-hybridized carbons (Fsp3) is 0.456. The zero-order valence-corrected chi connectivity index (χ0v) is 55.6. The predicted octanol–water partition coefficient (Wildman–Crippen LogP) is 12.7. The molecule has 2 saturated carbocycles. The summed E-state index contributed by atoms with van der Waals surface area (Å²) in [7, 11) is -4.48. The van der Waals surface area contributed by atoms with Gasteiger partial charge in [0.25, 0.3) is 11.8 Å². The van der Waals surface area contributed by atoms with Crippen molar-refractivity contribution in [1.29, 1.82) is 0 Å². The molecule has 7 atom stereocenters. The van der Waals surface area contributed by atoms with Crippen molar-refractivity contribution in [1.82, 2.24) is 39.0 Å². The van der Waals surface area contributed by atoms with Crippen LogP contribution in [0.2, 0.25) is 36.3 Å². The molecule has 2 aliphatic heterocycles. The number of rotatable bonds is 20. The number of nitrogens with one attached hydrogen (secondary N) is 2. The molecule has 4 fully saturated rings. The van der Waals surface area contributed by atoms with E-state index in [2.05, 4.69) is 115 Å². The molecule has 8 aromatic rings. The zero-order valence-electron chi connectivity index (χ0n) is 53.6. The summed E-state index contributed by atoms with van der Waals surface area (Å²) in [5.41, 5.74) is 1.32. The first-order chi connectivity index (χ1) is 42.8. The number of aromatic nitrogens is 8. The van der Waals surface area contributed by atoms with Crippen LogP contribution in [0.15, 0.2) is 147 Å². The molecule has 4 aromatic carbocycles. The number of amides is 2. The molecule has 6 heterocycles. The van der Waals surface area contributed by atoms with Gasteiger partial charge in [0, 0.05) is 11.1 Å². The third-order valence-electron chi connectivity index (χ3n) is 19.5. The Morgan fingerprint density at radius 2 is 0.989 bits per heavy atom. The predicted molar refractivity (Wildman–Crippen MR) is 347 cm³/mol. The van der Waals surface area contributed by atoms with Crippen LogP contribution in [0.3, 0.4) is 0 Å². The lowest BCUT2D eigenvalue weighted by molar-refractivity contribution is -0.184. The molecule has 90 heavy (non-hydrogen) atoms. The molecule has 2 aliphatic carbocycles. The van der Waals surface area contributed by atoms with Gasteiger partial charge in [-0.1, -0.05) is 152 Å². The number of hydrogen-bond acceptors (Lipinski definition) is 16. The van der Waals surface area contributed by atoms with E-state index in [0.29, 0.717) is 52.9 Å². The number of nitrogens with zero attached hydrogens (tertiary/aromatic N) is 8. The molecule has 4 aromatic heterocycles. The van der Waals surface area contributed by atoms with Gasteiger partial charge in [-0.15, -0.1) is 0 Å². The van der Waals surface area contributed by atoms with E-state index in [9.17, 15) is 19.5 Å². The van der Waals surface area contributed by atoms with Crippen LogP contribution in [0.5, 0.6) is 0 Å². The summed E-state index contributed by atoms with van der Waals surface area (Å²) < 4.78 is 44.8. The van der Waals surface area contributed by atoms with Crippen LogP contribution in [0.4, 0.5) is 11.6 Å². The standard InChI is InChI=1S/C34H43N5O5Si.C34H41N5O5Si/c2*1-7-34(33(18-19-33)44-45(5,6)32(2,3)4)27(42-20-23-14-10-8-11-15-23)26(40)31(43-34)39-22-37-25-28(35-21-36-29(25)39)38-30(41)24-16-12-9-13-17-24/h8-17,21-22,26-27,31,40H,7,18-20H2,1-6H3,(H,35,36,38,41);8-17,21-22,27,31H,7,18-20H2,1-6H3,(H,35,36,38,41)/t26?,27?,31-,34-;27?,31-,34-/m11/s1. The molecule has 0 spiro atoms. The lowest BCUT2D eigenvalue weighted by atomic mass is 9.84. The molecule has 3 unspecified atom stereocenters. The van der Waals surface area contributed by atoms with Gasteiger partial charge in [-0.2, -0.15) is 0 Å². The average Bonchev–Trinajstić information content (AvgIpc) is 1.54. The maximum absolute atomic E-state index is 14.5. The normalized spacial score (nSPS) is 23.7. The van der Waals surface area contributed by atoms with E-state index in [1.54, 1.807) is 64.0 Å². The Labute approximate surface area is 528 Å². The number of Topliss-reactive ketones (excluding diaryl/α,β-unsaturated/α-hetero) is 1. The summed E-state index contributed by atoms with van der Waals surface area (Å²) in [5.74, 6) is -0.322. The number of ketones is 1. The summed E-state index contributed by atoms with van der Waals surface area (Å²) in [6.45, 7) is 27.0. The van der Waals surface area contributed by atoms with Crippen LogP contribution < -0.4 is 10.6 Å². The van der Waals surface area contributed by atoms with E-state index in [0.717, 1.165) is 36.8 Å². The number of ether oxygens (including phenoxy) is 4. The number of fused-ring (bicyclic) bond motifs is 2. The number of anilines is 2. The third kappa shape index (κ3) is 12.0. The van der Waals surface area contributed by atoms with Gasteiger partial charge in [-0.25, -0.2) is 29.9 Å². The highest BCUT2D eigenvalue weighted by Gasteiger charge is 2.74. The Kier molecular flexibility index (Phi) is 17.7. The monoisotopic (exact) mass is 1260 g/mol. The minimum atomic E-state index is -2.26. The van der Waals surface area contributed by atoms with E-state index < -0.39 is 69.8 Å². The van der Waals surface area contributed by atoms with Crippen molar-refractivity contribution in [2.45, 2.75) is 197 Å². The highest BCUT2D eigenvalue weighted by Crippen LogP contribution is 2.63. The van der Waals surface area contributed by atoms with Crippen molar-refractivity contribution in [2.24, 2.45) is 0 Å². The van der Waals surface area contributed by atoms with Crippen molar-refractivity contribution in [2.75, 3.05) is 10.6 Å². The highest BCUT2D eigenvalue weighted by atomic mass is 28.4. The molecule has 0 radical (unpaired) electrons. The molecule has 20 nitrogen and oxygen atoms in total. The highest BCUT2D eigenvalue weighted by molar-refractivity contribution is 6.74. The Morgan fingerprint density at radius 1 is 0.578 bits per heavy atom. The van der Waals surface area contributed by atoms with Crippen LogP contribution >= 0.6 is 0 Å². The topological polar surface area (TPSA) is 238 Å². The van der Waals surface area contributed by atoms with E-state index >= 15 is 0 Å². The smallest absolute Gasteiger partial charge is 0.256 e. The van der Waals surface area contributed by atoms with E-state index in [-0.39, 0.29) is 45.9 Å². The van der Waals surface area contributed by atoms with Gasteiger partial charge in [-0.3, -0.25) is 23.5 Å². The van der Waals surface area contributed by atoms with Gasteiger partial charge in [0.2, 0.25) is 5.78 Å². The van der Waals surface area contributed by atoms with Crippen molar-refractivity contribution in [3.05, 3.63) is 169 Å². The summed E-state index contributed by atoms with van der Waals surface area (Å²) in [4.78, 5) is 67.0. The summed E-state index contributed by atoms with van der Waals surface area (Å²) in [5, 5.41) is 17.7. The number of carbonyl (C=O) groups excluding carboxylic acids is 3. The first-order valence-corrected chi connectivity index (χ1v) is 37.0. The molecule has 0 bridgehead atoms. The molecule has 2 saturated heterocycles. The van der Waals surface area contributed by atoms with Gasteiger partial charge in [0.15, 0.2) is 69.2 Å². The molecule has 4 aliphatic rings. The second kappa shape index (κ2) is 24.7. The van der Waals surface area contributed by atoms with E-state index in [4.69, 9.17) is 27.8 Å². The Bertz CT molecular complexity index is 3850. The lowest BCUT2D eigenvalue weighted by Gasteiger charge is -2.47. The maximum atomic E-state index is 14.5. The number of aliphatic hydroxyl groups is 1. The van der Waals surface area contributed by atoms with Gasteiger partial charge in [-0.05, 0) is 110 Å². The lowest BCUT2D eigenvalue weighted by Crippen LogP contribution is -2.60. The Hall–Kier alpha value is -7.26. The molecular formula is C68H84N10O10Si2. The molecule has 3 N–H and O–H groups in total. The van der Waals surface area contributed by atoms with Crippen molar-refractivity contribution >= 4 is 68.2 Å². The van der Waals surface area contributed by atoms with Crippen molar-refractivity contribution < 1.29 is 47.3 Å². The van der Waals surface area contributed by atoms with Gasteiger partial charge in [0.1, 0.15) is 36.1 Å². The molecular weight excluding hydrogens is 1170 g/mol. The average molecular weight is 1260 g/mol. The second-order valence-electron chi connectivity index (χ2n) is 27.2. The summed E-state index contributed by atoms with van der Waals surface area (Å²) >= 11 is 0. The van der Waals surface area contributed by atoms with Crippen LogP contribution in [-0.2, 0) is 45.8 Å². The summed E-state index contributed by atoms with van der Waals surface area (Å²) in [6, 6.07) is 37.6. The van der Waals surface area contributed by atoms with Crippen LogP contribution in [0.25, 0.3) is 22.3 Å². The zero-order chi connectivity index (χ0) is 64.1. The van der Waals surface area contributed by atoms with Gasteiger partial charge >= 0.3 is 0 Å². The van der Waals surface area contributed by atoms with Gasteiger partial charge in [0.05, 0.1) is 37.1 Å². The summed E-state index contributed by atoms with van der Waals surface area (Å²) in [6.07, 6.45) is 5.60. The number of hydrogen-bond donors (Lipinski definition) is 3. The van der Waals surface area contributed by atoms with Crippen molar-refractivity contribution in [3.8, 4) is 0 Å². The largest absolute Gasteiger partial charge is 0.408 e. The van der Waals surface area contributed by atoms with Crippen molar-refractivity contribution in [3.63, 3.8) is 0 Å². The fourth-order valence-electron chi connectivity index (χ4n) is 12.3. The number of benzene rings is 4. The molecule has 12 rings (SSSR count). The molecule has 2 amide bonds. The maximum Gasteiger partial charge on any atom is 0.256 e. The number of aliphatic hydroxyl groups excluding tert-OH is 1. The molecule has 22 heteroatoms. The van der Waals surface area contributed by atoms with E-state index in [1.165, 1.54) is 19.0 Å². The fourth-order valence-corrected chi connectivity index (χ4v) is 15.6. The first kappa shape index (κ1) is 64.3. The second-order valence-corrected chi connectivity index (χ2v) is 36.6. The molecule has 474 valence electrons. The Balaban J connectivity index is 0.000000185. The minimum absolute atomic E-state index is 0.00735. The SMILES string of the molecule is CC[C@@]1(C2(O[Si](C)(C)C(C)(C)C)CC2)O[C@@H](n2cnc3c(NC(=O)c4ccccc4)ncnc32)C(=O)C1OCc1ccccc1.CC[C@@]1(C2(O[Si](C)(C)C(C)(C)C)CC2)O[C@@H](n2cnc3c(NC(=O)c4ccccc4)ncnc32)C(O)C1OCc1ccccc1. The quantitative estimate of drug-likeness (QED) is 0.0601. The third-order valence-corrected chi connectivity index (χ3v) is 28.5. The number of imidazole rings is 2.